The van der Waals surface area contributed by atoms with E-state index in [0.29, 0.717) is 12.5 Å². The summed E-state index contributed by atoms with van der Waals surface area (Å²) in [5.41, 5.74) is 6.57. The lowest BCUT2D eigenvalue weighted by Crippen LogP contribution is -3.00. The smallest absolute Gasteiger partial charge is 0.327 e. The fourth-order valence-corrected chi connectivity index (χ4v) is 1.28. The molecule has 0 spiro atoms. The summed E-state index contributed by atoms with van der Waals surface area (Å²) in [7, 11) is 0. The fourth-order valence-electron chi connectivity index (χ4n) is 1.28. The highest BCUT2D eigenvalue weighted by Crippen LogP contribution is 2.11. The number of rotatable bonds is 5. The molecule has 1 aromatic rings. The number of carbonyl (C=O) groups is 1. The normalized spacial score (nSPS) is 11.8. The van der Waals surface area contributed by atoms with E-state index in [9.17, 15) is 4.79 Å². The Hall–Kier alpha value is -1.06. The van der Waals surface area contributed by atoms with Crippen LogP contribution >= 0.6 is 0 Å². The second-order valence-corrected chi connectivity index (χ2v) is 4.24. The number of hydrogen-bond acceptors (Lipinski definition) is 3. The molecule has 0 heterocycles. The molecule has 17 heavy (non-hydrogen) atoms. The average molecular weight is 257 g/mol. The van der Waals surface area contributed by atoms with Gasteiger partial charge in [0, 0.05) is 0 Å². The molecular formula is C13H19ClNO2-. The molecule has 1 atom stereocenters. The summed E-state index contributed by atoms with van der Waals surface area (Å²) in [4.78, 5) is 11.6. The topological polar surface area (TPSA) is 52.3 Å². The zero-order valence-corrected chi connectivity index (χ0v) is 11.0. The number of hydrogen-bond donors (Lipinski definition) is 1. The molecule has 0 bridgehead atoms. The van der Waals surface area contributed by atoms with E-state index >= 15 is 0 Å². The van der Waals surface area contributed by atoms with Gasteiger partial charge in [0.05, 0.1) is 6.61 Å². The van der Waals surface area contributed by atoms with Gasteiger partial charge in [0.25, 0.3) is 0 Å². The molecule has 1 unspecified atom stereocenters. The lowest BCUT2D eigenvalue weighted by Gasteiger charge is -2.12. The van der Waals surface area contributed by atoms with E-state index in [1.165, 1.54) is 0 Å². The minimum absolute atomic E-state index is 0. The number of benzene rings is 1. The first-order valence-corrected chi connectivity index (χ1v) is 5.58. The first kappa shape index (κ1) is 15.9. The SMILES string of the molecule is CC(C)CCOC(=O)C(N)c1ccccc1.[Cl-]. The Balaban J connectivity index is 0.00000256. The zero-order chi connectivity index (χ0) is 12.0. The maximum atomic E-state index is 11.6. The van der Waals surface area contributed by atoms with Gasteiger partial charge in [-0.2, -0.15) is 0 Å². The van der Waals surface area contributed by atoms with Crippen molar-refractivity contribution < 1.29 is 21.9 Å². The number of esters is 1. The lowest BCUT2D eigenvalue weighted by molar-refractivity contribution is -0.145. The van der Waals surface area contributed by atoms with Crippen LogP contribution in [0.2, 0.25) is 0 Å². The fraction of sp³-hybridized carbons (Fsp3) is 0.462. The summed E-state index contributed by atoms with van der Waals surface area (Å²) in [6.45, 7) is 4.62. The van der Waals surface area contributed by atoms with E-state index in [1.807, 2.05) is 30.3 Å². The Bertz CT molecular complexity index is 327. The molecule has 96 valence electrons. The summed E-state index contributed by atoms with van der Waals surface area (Å²) in [5.74, 6) is 0.174. The van der Waals surface area contributed by atoms with E-state index in [2.05, 4.69) is 13.8 Å². The maximum Gasteiger partial charge on any atom is 0.327 e. The molecule has 1 aromatic carbocycles. The first-order valence-electron chi connectivity index (χ1n) is 5.58. The number of ether oxygens (including phenoxy) is 1. The van der Waals surface area contributed by atoms with Crippen molar-refractivity contribution in [3.63, 3.8) is 0 Å². The summed E-state index contributed by atoms with van der Waals surface area (Å²) in [6, 6.07) is 8.59. The van der Waals surface area contributed by atoms with E-state index in [-0.39, 0.29) is 18.4 Å². The minimum Gasteiger partial charge on any atom is -1.00 e. The standard InChI is InChI=1S/C13H19NO2.ClH/c1-10(2)8-9-16-13(15)12(14)11-6-4-3-5-7-11;/h3-7,10,12H,8-9,14H2,1-2H3;1H/p-1. The zero-order valence-electron chi connectivity index (χ0n) is 10.2. The highest BCUT2D eigenvalue weighted by Gasteiger charge is 2.16. The van der Waals surface area contributed by atoms with E-state index in [0.717, 1.165) is 12.0 Å². The van der Waals surface area contributed by atoms with Crippen molar-refractivity contribution in [3.8, 4) is 0 Å². The van der Waals surface area contributed by atoms with Crippen LogP contribution in [-0.2, 0) is 9.53 Å². The largest absolute Gasteiger partial charge is 1.00 e. The third-order valence-electron chi connectivity index (χ3n) is 2.35. The Morgan fingerprint density at radius 3 is 2.41 bits per heavy atom. The second kappa shape index (κ2) is 8.09. The van der Waals surface area contributed by atoms with Crippen LogP contribution in [0.3, 0.4) is 0 Å². The van der Waals surface area contributed by atoms with Gasteiger partial charge < -0.3 is 22.9 Å². The summed E-state index contributed by atoms with van der Waals surface area (Å²) in [6.07, 6.45) is 0.868. The minimum atomic E-state index is -0.673. The lowest BCUT2D eigenvalue weighted by atomic mass is 10.1. The van der Waals surface area contributed by atoms with Crippen molar-refractivity contribution in [1.82, 2.24) is 0 Å². The highest BCUT2D eigenvalue weighted by molar-refractivity contribution is 5.77. The van der Waals surface area contributed by atoms with E-state index in [4.69, 9.17) is 10.5 Å². The molecule has 0 radical (unpaired) electrons. The van der Waals surface area contributed by atoms with Crippen molar-refractivity contribution in [2.45, 2.75) is 26.3 Å². The van der Waals surface area contributed by atoms with Crippen molar-refractivity contribution >= 4 is 5.97 Å². The molecule has 3 nitrogen and oxygen atoms in total. The van der Waals surface area contributed by atoms with E-state index in [1.54, 1.807) is 0 Å². The summed E-state index contributed by atoms with van der Waals surface area (Å²) < 4.78 is 5.11. The molecule has 2 N–H and O–H groups in total. The molecule has 0 aromatic heterocycles. The van der Waals surface area contributed by atoms with Gasteiger partial charge >= 0.3 is 5.97 Å². The summed E-state index contributed by atoms with van der Waals surface area (Å²) in [5, 5.41) is 0. The van der Waals surface area contributed by atoms with Crippen molar-refractivity contribution in [2.75, 3.05) is 6.61 Å². The van der Waals surface area contributed by atoms with Gasteiger partial charge in [-0.1, -0.05) is 44.2 Å². The molecule has 0 aliphatic rings. The first-order chi connectivity index (χ1) is 7.61. The van der Waals surface area contributed by atoms with Crippen LogP contribution in [0.5, 0.6) is 0 Å². The van der Waals surface area contributed by atoms with Crippen LogP contribution in [-0.4, -0.2) is 12.6 Å². The van der Waals surface area contributed by atoms with Gasteiger partial charge in [0.15, 0.2) is 0 Å². The van der Waals surface area contributed by atoms with Crippen LogP contribution in [0.25, 0.3) is 0 Å². The van der Waals surface area contributed by atoms with Crippen LogP contribution in [0, 0.1) is 5.92 Å². The van der Waals surface area contributed by atoms with Crippen LogP contribution in [0.1, 0.15) is 31.9 Å². The Morgan fingerprint density at radius 1 is 1.29 bits per heavy atom. The molecule has 0 aliphatic heterocycles. The van der Waals surface area contributed by atoms with Crippen molar-refractivity contribution in [3.05, 3.63) is 35.9 Å². The molecule has 0 saturated heterocycles. The Labute approximate surface area is 109 Å². The van der Waals surface area contributed by atoms with Crippen LogP contribution < -0.4 is 18.1 Å². The van der Waals surface area contributed by atoms with Gasteiger partial charge in [0.1, 0.15) is 6.04 Å². The molecule has 0 amide bonds. The highest BCUT2D eigenvalue weighted by atomic mass is 35.5. The Morgan fingerprint density at radius 2 is 1.88 bits per heavy atom. The molecule has 0 aliphatic carbocycles. The quantitative estimate of drug-likeness (QED) is 0.708. The van der Waals surface area contributed by atoms with Crippen LogP contribution in [0.4, 0.5) is 0 Å². The summed E-state index contributed by atoms with van der Waals surface area (Å²) >= 11 is 0. The third-order valence-corrected chi connectivity index (χ3v) is 2.35. The van der Waals surface area contributed by atoms with Gasteiger partial charge in [-0.05, 0) is 17.9 Å². The van der Waals surface area contributed by atoms with Crippen molar-refractivity contribution in [2.24, 2.45) is 11.7 Å². The van der Waals surface area contributed by atoms with Gasteiger partial charge in [-0.25, -0.2) is 4.79 Å². The molecule has 0 saturated carbocycles. The van der Waals surface area contributed by atoms with Gasteiger partial charge in [-0.15, -0.1) is 0 Å². The number of nitrogens with two attached hydrogens (primary N) is 1. The van der Waals surface area contributed by atoms with E-state index < -0.39 is 6.04 Å². The second-order valence-electron chi connectivity index (χ2n) is 4.24. The van der Waals surface area contributed by atoms with Crippen molar-refractivity contribution in [1.29, 1.82) is 0 Å². The van der Waals surface area contributed by atoms with Gasteiger partial charge in [-0.3, -0.25) is 0 Å². The average Bonchev–Trinajstić information content (AvgIpc) is 2.28. The molecule has 1 rings (SSSR count). The molecular weight excluding hydrogens is 238 g/mol. The molecule has 0 fully saturated rings. The van der Waals surface area contributed by atoms with Crippen LogP contribution in [0.15, 0.2) is 30.3 Å². The Kier molecular flexibility index (Phi) is 7.59. The monoisotopic (exact) mass is 256 g/mol. The predicted molar refractivity (Wildman–Crippen MR) is 63.8 cm³/mol. The predicted octanol–water partition coefficient (Wildman–Crippen LogP) is -0.720. The number of carbonyl (C=O) groups excluding carboxylic acids is 1. The molecule has 4 heteroatoms. The number of halogens is 1. The van der Waals surface area contributed by atoms with Gasteiger partial charge in [0.2, 0.25) is 0 Å². The maximum absolute atomic E-state index is 11.6. The third kappa shape index (κ3) is 5.71.